The van der Waals surface area contributed by atoms with Gasteiger partial charge in [-0.25, -0.2) is 4.39 Å². The van der Waals surface area contributed by atoms with E-state index in [-0.39, 0.29) is 25.0 Å². The molecule has 0 aromatic heterocycles. The van der Waals surface area contributed by atoms with E-state index in [4.69, 9.17) is 9.84 Å². The first-order chi connectivity index (χ1) is 15.6. The highest BCUT2D eigenvalue weighted by molar-refractivity contribution is 5.67. The highest BCUT2D eigenvalue weighted by Gasteiger charge is 2.28. The number of hydrogen-bond acceptors (Lipinski definition) is 4. The number of nitrogens with one attached hydrogen (secondary N) is 1. The molecule has 2 atom stereocenters. The molecule has 0 saturated carbocycles. The first kappa shape index (κ1) is 25.3. The largest absolute Gasteiger partial charge is 0.481 e. The van der Waals surface area contributed by atoms with Crippen LogP contribution in [0.15, 0.2) is 42.5 Å². The fourth-order valence-corrected chi connectivity index (χ4v) is 4.84. The van der Waals surface area contributed by atoms with Crippen LogP contribution in [0.3, 0.4) is 0 Å². The Morgan fingerprint density at radius 2 is 1.85 bits per heavy atom. The number of halogens is 1. The smallest absolute Gasteiger partial charge is 0.303 e. The minimum absolute atomic E-state index is 0.105. The Balaban J connectivity index is 1.46. The molecular weight excluding hydrogens is 421 g/mol. The van der Waals surface area contributed by atoms with E-state index in [1.165, 1.54) is 17.2 Å². The lowest BCUT2D eigenvalue weighted by molar-refractivity contribution is -0.136. The maximum Gasteiger partial charge on any atom is 0.303 e. The van der Waals surface area contributed by atoms with Crippen molar-refractivity contribution in [3.05, 3.63) is 70.5 Å². The van der Waals surface area contributed by atoms with Crippen LogP contribution in [0.2, 0.25) is 0 Å². The third-order valence-corrected chi connectivity index (χ3v) is 6.47. The molecule has 3 rings (SSSR count). The summed E-state index contributed by atoms with van der Waals surface area (Å²) in [4.78, 5) is 10.9. The lowest BCUT2D eigenvalue weighted by atomic mass is 9.88. The highest BCUT2D eigenvalue weighted by atomic mass is 19.1. The van der Waals surface area contributed by atoms with E-state index in [0.717, 1.165) is 19.3 Å². The molecule has 2 aromatic carbocycles. The monoisotopic (exact) mass is 457 g/mol. The lowest BCUT2D eigenvalue weighted by Gasteiger charge is -2.31. The number of rotatable bonds is 12. The van der Waals surface area contributed by atoms with Gasteiger partial charge in [-0.05, 0) is 80.7 Å². The topological polar surface area (TPSA) is 78.8 Å². The molecule has 3 N–H and O–H groups in total. The number of carboxylic acid groups (broad SMARTS) is 1. The molecule has 0 fully saturated rings. The first-order valence-electron chi connectivity index (χ1n) is 11.7. The van der Waals surface area contributed by atoms with E-state index in [1.807, 2.05) is 0 Å². The second-order valence-electron chi connectivity index (χ2n) is 9.84. The highest BCUT2D eigenvalue weighted by Crippen LogP contribution is 2.32. The Hall–Kier alpha value is -2.28. The molecule has 0 saturated heterocycles. The molecule has 0 radical (unpaired) electrons. The molecule has 0 amide bonds. The third-order valence-electron chi connectivity index (χ3n) is 6.47. The van der Waals surface area contributed by atoms with Gasteiger partial charge in [-0.1, -0.05) is 36.4 Å². The second-order valence-corrected chi connectivity index (χ2v) is 9.84. The lowest BCUT2D eigenvalue weighted by Crippen LogP contribution is -2.45. The van der Waals surface area contributed by atoms with Crippen LogP contribution in [0.5, 0.6) is 0 Å². The van der Waals surface area contributed by atoms with Gasteiger partial charge < -0.3 is 20.3 Å². The first-order valence-corrected chi connectivity index (χ1v) is 11.7. The fraction of sp³-hybridized carbons (Fsp3) is 0.519. The van der Waals surface area contributed by atoms with Crippen molar-refractivity contribution < 1.29 is 24.1 Å². The molecule has 2 aromatic rings. The van der Waals surface area contributed by atoms with Gasteiger partial charge in [0.15, 0.2) is 0 Å². The van der Waals surface area contributed by atoms with Crippen LogP contribution in [-0.2, 0) is 28.8 Å². The Bertz CT molecular complexity index is 920. The number of carboxylic acids is 1. The van der Waals surface area contributed by atoms with Gasteiger partial charge in [0.1, 0.15) is 5.82 Å². The van der Waals surface area contributed by atoms with Gasteiger partial charge >= 0.3 is 5.97 Å². The summed E-state index contributed by atoms with van der Waals surface area (Å²) in [6.07, 6.45) is 2.02. The maximum atomic E-state index is 14.3. The van der Waals surface area contributed by atoms with E-state index < -0.39 is 24.0 Å². The van der Waals surface area contributed by atoms with Gasteiger partial charge in [-0.15, -0.1) is 0 Å². The number of aliphatic hydroxyl groups is 1. The minimum atomic E-state index is -0.969. The van der Waals surface area contributed by atoms with E-state index in [0.29, 0.717) is 23.6 Å². The van der Waals surface area contributed by atoms with Crippen molar-refractivity contribution in [3.8, 4) is 0 Å². The van der Waals surface area contributed by atoms with Crippen LogP contribution >= 0.6 is 0 Å². The summed E-state index contributed by atoms with van der Waals surface area (Å²) in [7, 11) is 0. The minimum Gasteiger partial charge on any atom is -0.481 e. The van der Waals surface area contributed by atoms with Crippen molar-refractivity contribution in [2.75, 3.05) is 13.2 Å². The zero-order valence-electron chi connectivity index (χ0n) is 19.8. The number of carbonyl (C=O) groups is 1. The number of benzene rings is 2. The number of fused-ring (bicyclic) bond motifs is 1. The SMILES string of the molecule is C[C@@H](OC[C@H](O)CNC(C)(C)CC1Cc2ccccc2C1)c1cccc(F)c1CCC(=O)O. The van der Waals surface area contributed by atoms with Crippen molar-refractivity contribution in [3.63, 3.8) is 0 Å². The third kappa shape index (κ3) is 7.36. The average molecular weight is 458 g/mol. The van der Waals surface area contributed by atoms with Gasteiger partial charge in [-0.2, -0.15) is 0 Å². The van der Waals surface area contributed by atoms with Crippen LogP contribution in [0.1, 0.15) is 62.0 Å². The molecule has 0 aliphatic heterocycles. The predicted octanol–water partition coefficient (Wildman–Crippen LogP) is 4.45. The van der Waals surface area contributed by atoms with Crippen LogP contribution < -0.4 is 5.32 Å². The second kappa shape index (κ2) is 11.2. The van der Waals surface area contributed by atoms with Crippen molar-refractivity contribution in [1.82, 2.24) is 5.32 Å². The van der Waals surface area contributed by atoms with Gasteiger partial charge in [0, 0.05) is 18.5 Å². The molecule has 1 aliphatic carbocycles. The van der Waals surface area contributed by atoms with Crippen molar-refractivity contribution in [2.24, 2.45) is 5.92 Å². The number of β-amino-alcohol motifs (C(OH)–C–C–N with tert-alkyl or cyclic N) is 1. The van der Waals surface area contributed by atoms with E-state index in [1.54, 1.807) is 19.1 Å². The van der Waals surface area contributed by atoms with Gasteiger partial charge in [0.25, 0.3) is 0 Å². The zero-order valence-corrected chi connectivity index (χ0v) is 19.8. The van der Waals surface area contributed by atoms with Gasteiger partial charge in [0.05, 0.1) is 18.8 Å². The van der Waals surface area contributed by atoms with Crippen LogP contribution in [0.25, 0.3) is 0 Å². The summed E-state index contributed by atoms with van der Waals surface area (Å²) in [6, 6.07) is 13.3. The summed E-state index contributed by atoms with van der Waals surface area (Å²) >= 11 is 0. The molecule has 33 heavy (non-hydrogen) atoms. The van der Waals surface area contributed by atoms with Crippen molar-refractivity contribution in [2.45, 2.75) is 70.6 Å². The molecule has 1 aliphatic rings. The average Bonchev–Trinajstić information content (AvgIpc) is 3.16. The van der Waals surface area contributed by atoms with Crippen molar-refractivity contribution >= 4 is 5.97 Å². The number of aliphatic carboxylic acids is 1. The summed E-state index contributed by atoms with van der Waals surface area (Å²) in [5, 5.41) is 22.9. The number of ether oxygens (including phenoxy) is 1. The maximum absolute atomic E-state index is 14.3. The molecule has 180 valence electrons. The number of aliphatic hydroxyl groups excluding tert-OH is 1. The molecular formula is C27H36FNO4. The summed E-state index contributed by atoms with van der Waals surface area (Å²) in [6.45, 7) is 6.62. The standard InChI is InChI=1S/C27H36FNO4/c1-18(23-9-6-10-25(28)24(23)11-12-26(31)32)33-17-22(30)16-29-27(2,3)15-19-13-20-7-4-5-8-21(20)14-19/h4-10,18-19,22,29-30H,11-17H2,1-3H3,(H,31,32)/t18-,22-/m1/s1. The van der Waals surface area contributed by atoms with Crippen molar-refractivity contribution in [1.29, 1.82) is 0 Å². The van der Waals surface area contributed by atoms with Crippen LogP contribution in [-0.4, -0.2) is 41.0 Å². The van der Waals surface area contributed by atoms with E-state index in [2.05, 4.69) is 43.4 Å². The Morgan fingerprint density at radius 1 is 1.18 bits per heavy atom. The summed E-state index contributed by atoms with van der Waals surface area (Å²) in [5.41, 5.74) is 3.75. The fourth-order valence-electron chi connectivity index (χ4n) is 4.84. The number of hydrogen-bond donors (Lipinski definition) is 3. The summed E-state index contributed by atoms with van der Waals surface area (Å²) < 4.78 is 20.1. The van der Waals surface area contributed by atoms with E-state index >= 15 is 0 Å². The van der Waals surface area contributed by atoms with Gasteiger partial charge in [-0.3, -0.25) is 4.79 Å². The predicted molar refractivity (Wildman–Crippen MR) is 127 cm³/mol. The molecule has 0 bridgehead atoms. The summed E-state index contributed by atoms with van der Waals surface area (Å²) in [5.74, 6) is -0.805. The Morgan fingerprint density at radius 3 is 2.48 bits per heavy atom. The Kier molecular flexibility index (Phi) is 8.63. The van der Waals surface area contributed by atoms with Crippen LogP contribution in [0, 0.1) is 11.7 Å². The quantitative estimate of drug-likeness (QED) is 0.439. The molecule has 6 heteroatoms. The zero-order chi connectivity index (χ0) is 24.0. The molecule has 0 heterocycles. The normalized spacial score (nSPS) is 15.9. The molecule has 0 unspecified atom stereocenters. The molecule has 5 nitrogen and oxygen atoms in total. The van der Waals surface area contributed by atoms with E-state index in [9.17, 15) is 14.3 Å². The molecule has 0 spiro atoms. The van der Waals surface area contributed by atoms with Gasteiger partial charge in [0.2, 0.25) is 0 Å². The van der Waals surface area contributed by atoms with Crippen LogP contribution in [0.4, 0.5) is 4.39 Å². The Labute approximate surface area is 196 Å².